The Bertz CT molecular complexity index is 360. The number of nitrogens with one attached hydrogen (secondary N) is 1. The van der Waals surface area contributed by atoms with Crippen LogP contribution in [-0.4, -0.2) is 12.4 Å². The summed E-state index contributed by atoms with van der Waals surface area (Å²) in [5.41, 5.74) is 4.33. The van der Waals surface area contributed by atoms with E-state index in [4.69, 9.17) is 5.84 Å². The van der Waals surface area contributed by atoms with Crippen LogP contribution in [0.5, 0.6) is 0 Å². The Morgan fingerprint density at radius 2 is 2.31 bits per heavy atom. The van der Waals surface area contributed by atoms with E-state index in [1.165, 1.54) is 12.1 Å². The highest BCUT2D eigenvalue weighted by Gasteiger charge is 2.13. The van der Waals surface area contributed by atoms with E-state index >= 15 is 0 Å². The lowest BCUT2D eigenvalue weighted by Gasteiger charge is -2.15. The lowest BCUT2D eigenvalue weighted by atomic mass is 10.0. The number of benzene rings is 1. The molecule has 0 saturated carbocycles. The molecule has 0 aromatic heterocycles. The summed E-state index contributed by atoms with van der Waals surface area (Å²) in [6.07, 6.45) is 0.848. The minimum absolute atomic E-state index is 0.261. The standard InChI is InChI=1S/C9H10FN3/c10-7-2-1-6-3-4-12-9(13-11)8(6)5-7/h1-2,5H,3-4,11H2,(H,12,13). The lowest BCUT2D eigenvalue weighted by Crippen LogP contribution is -2.34. The summed E-state index contributed by atoms with van der Waals surface area (Å²) in [6, 6.07) is 4.68. The molecule has 0 fully saturated rings. The topological polar surface area (TPSA) is 50.4 Å². The molecule has 68 valence electrons. The van der Waals surface area contributed by atoms with Gasteiger partial charge in [-0.3, -0.25) is 4.99 Å². The van der Waals surface area contributed by atoms with E-state index in [0.717, 1.165) is 17.5 Å². The first-order valence-electron chi connectivity index (χ1n) is 4.11. The molecule has 4 heteroatoms. The third kappa shape index (κ3) is 1.40. The smallest absolute Gasteiger partial charge is 0.142 e. The van der Waals surface area contributed by atoms with Gasteiger partial charge in [0.2, 0.25) is 0 Å². The summed E-state index contributed by atoms with van der Waals surface area (Å²) in [4.78, 5) is 4.14. The Morgan fingerprint density at radius 1 is 1.46 bits per heavy atom. The molecule has 0 saturated heterocycles. The third-order valence-electron chi connectivity index (χ3n) is 2.11. The van der Waals surface area contributed by atoms with Crippen molar-refractivity contribution in [3.05, 3.63) is 35.1 Å². The molecule has 0 unspecified atom stereocenters. The average Bonchev–Trinajstić information content (AvgIpc) is 2.17. The van der Waals surface area contributed by atoms with Gasteiger partial charge in [0.15, 0.2) is 0 Å². The van der Waals surface area contributed by atoms with Crippen LogP contribution in [0.25, 0.3) is 0 Å². The Kier molecular flexibility index (Phi) is 1.98. The molecule has 1 aliphatic rings. The number of amidine groups is 1. The number of fused-ring (bicyclic) bond motifs is 1. The quantitative estimate of drug-likeness (QED) is 0.452. The summed E-state index contributed by atoms with van der Waals surface area (Å²) in [6.45, 7) is 0.707. The summed E-state index contributed by atoms with van der Waals surface area (Å²) in [5, 5.41) is 0. The largest absolute Gasteiger partial charge is 0.308 e. The monoisotopic (exact) mass is 179 g/mol. The molecule has 0 bridgehead atoms. The summed E-state index contributed by atoms with van der Waals surface area (Å²) in [5.74, 6) is 5.57. The maximum atomic E-state index is 12.9. The highest BCUT2D eigenvalue weighted by atomic mass is 19.1. The van der Waals surface area contributed by atoms with Gasteiger partial charge in [-0.2, -0.15) is 0 Å². The van der Waals surface area contributed by atoms with E-state index in [-0.39, 0.29) is 5.82 Å². The van der Waals surface area contributed by atoms with Crippen molar-refractivity contribution in [2.75, 3.05) is 6.54 Å². The molecule has 0 aliphatic carbocycles. The summed E-state index contributed by atoms with van der Waals surface area (Å²) in [7, 11) is 0. The van der Waals surface area contributed by atoms with Gasteiger partial charge in [0.25, 0.3) is 0 Å². The maximum Gasteiger partial charge on any atom is 0.142 e. The van der Waals surface area contributed by atoms with Crippen molar-refractivity contribution in [1.29, 1.82) is 0 Å². The van der Waals surface area contributed by atoms with Crippen LogP contribution in [0.3, 0.4) is 0 Å². The molecule has 2 rings (SSSR count). The molecular formula is C9H10FN3. The van der Waals surface area contributed by atoms with Crippen LogP contribution < -0.4 is 11.3 Å². The van der Waals surface area contributed by atoms with Crippen LogP contribution in [0.4, 0.5) is 4.39 Å². The van der Waals surface area contributed by atoms with Crippen LogP contribution in [0, 0.1) is 5.82 Å². The fourth-order valence-corrected chi connectivity index (χ4v) is 1.48. The summed E-state index contributed by atoms with van der Waals surface area (Å²) < 4.78 is 12.9. The van der Waals surface area contributed by atoms with Gasteiger partial charge in [-0.25, -0.2) is 10.2 Å². The average molecular weight is 179 g/mol. The zero-order valence-corrected chi connectivity index (χ0v) is 7.05. The predicted molar refractivity (Wildman–Crippen MR) is 48.8 cm³/mol. The number of nitrogens with zero attached hydrogens (tertiary/aromatic N) is 1. The Labute approximate surface area is 75.4 Å². The molecule has 0 amide bonds. The summed E-state index contributed by atoms with van der Waals surface area (Å²) >= 11 is 0. The van der Waals surface area contributed by atoms with E-state index in [1.54, 1.807) is 6.07 Å². The van der Waals surface area contributed by atoms with Gasteiger partial charge < -0.3 is 5.43 Å². The first kappa shape index (κ1) is 8.19. The van der Waals surface area contributed by atoms with Crippen LogP contribution in [0.15, 0.2) is 23.2 Å². The molecular weight excluding hydrogens is 169 g/mol. The van der Waals surface area contributed by atoms with Crippen molar-refractivity contribution in [3.8, 4) is 0 Å². The fraction of sp³-hybridized carbons (Fsp3) is 0.222. The van der Waals surface area contributed by atoms with Gasteiger partial charge in [0.05, 0.1) is 0 Å². The van der Waals surface area contributed by atoms with Crippen molar-refractivity contribution in [3.63, 3.8) is 0 Å². The maximum absolute atomic E-state index is 12.9. The Hall–Kier alpha value is -1.42. The van der Waals surface area contributed by atoms with Crippen molar-refractivity contribution in [2.45, 2.75) is 6.42 Å². The molecule has 3 N–H and O–H groups in total. The lowest BCUT2D eigenvalue weighted by molar-refractivity contribution is 0.626. The number of aliphatic imine (C=N–C) groups is 1. The van der Waals surface area contributed by atoms with Crippen molar-refractivity contribution >= 4 is 5.84 Å². The van der Waals surface area contributed by atoms with Crippen LogP contribution in [0.2, 0.25) is 0 Å². The van der Waals surface area contributed by atoms with E-state index in [9.17, 15) is 4.39 Å². The minimum atomic E-state index is -0.261. The van der Waals surface area contributed by atoms with Crippen LogP contribution in [-0.2, 0) is 6.42 Å². The highest BCUT2D eigenvalue weighted by molar-refractivity contribution is 6.00. The van der Waals surface area contributed by atoms with Gasteiger partial charge in [0, 0.05) is 12.1 Å². The number of rotatable bonds is 0. The van der Waals surface area contributed by atoms with Gasteiger partial charge in [-0.05, 0) is 24.1 Å². The molecule has 1 aromatic carbocycles. The Morgan fingerprint density at radius 3 is 3.08 bits per heavy atom. The van der Waals surface area contributed by atoms with Crippen LogP contribution in [0.1, 0.15) is 11.1 Å². The SMILES string of the molecule is NNC1=NCCc2ccc(F)cc21. The number of nitrogens with two attached hydrogens (primary N) is 1. The van der Waals surface area contributed by atoms with Gasteiger partial charge in [-0.15, -0.1) is 0 Å². The second-order valence-corrected chi connectivity index (χ2v) is 2.93. The van der Waals surface area contributed by atoms with Gasteiger partial charge in [-0.1, -0.05) is 6.07 Å². The second-order valence-electron chi connectivity index (χ2n) is 2.93. The Balaban J connectivity index is 2.51. The minimum Gasteiger partial charge on any atom is -0.308 e. The van der Waals surface area contributed by atoms with E-state index in [0.29, 0.717) is 12.4 Å². The predicted octanol–water partition coefficient (Wildman–Crippen LogP) is 0.592. The van der Waals surface area contributed by atoms with E-state index < -0.39 is 0 Å². The molecule has 1 heterocycles. The number of halogens is 1. The van der Waals surface area contributed by atoms with Gasteiger partial charge in [0.1, 0.15) is 11.7 Å². The molecule has 0 spiro atoms. The first-order valence-corrected chi connectivity index (χ1v) is 4.11. The molecule has 1 aromatic rings. The highest BCUT2D eigenvalue weighted by Crippen LogP contribution is 2.15. The zero-order valence-electron chi connectivity index (χ0n) is 7.05. The zero-order chi connectivity index (χ0) is 9.26. The number of hydrogen-bond acceptors (Lipinski definition) is 3. The molecule has 0 radical (unpaired) electrons. The molecule has 3 nitrogen and oxygen atoms in total. The molecule has 1 aliphatic heterocycles. The van der Waals surface area contributed by atoms with E-state index in [2.05, 4.69) is 10.4 Å². The second kappa shape index (κ2) is 3.14. The van der Waals surface area contributed by atoms with E-state index in [1.807, 2.05) is 0 Å². The van der Waals surface area contributed by atoms with Crippen molar-refractivity contribution in [1.82, 2.24) is 5.43 Å². The normalized spacial score (nSPS) is 14.8. The van der Waals surface area contributed by atoms with Crippen molar-refractivity contribution < 1.29 is 4.39 Å². The fourth-order valence-electron chi connectivity index (χ4n) is 1.48. The van der Waals surface area contributed by atoms with Gasteiger partial charge >= 0.3 is 0 Å². The number of hydrogen-bond donors (Lipinski definition) is 2. The molecule has 0 atom stereocenters. The molecule has 13 heavy (non-hydrogen) atoms. The first-order chi connectivity index (χ1) is 6.31. The number of hydrazine groups is 1. The van der Waals surface area contributed by atoms with Crippen LogP contribution >= 0.6 is 0 Å². The third-order valence-corrected chi connectivity index (χ3v) is 2.11. The van der Waals surface area contributed by atoms with Crippen molar-refractivity contribution in [2.24, 2.45) is 10.8 Å².